The molecule has 0 aliphatic carbocycles. The van der Waals surface area contributed by atoms with Crippen LogP contribution in [0.3, 0.4) is 0 Å². The summed E-state index contributed by atoms with van der Waals surface area (Å²) in [7, 11) is 0. The summed E-state index contributed by atoms with van der Waals surface area (Å²) in [4.78, 5) is 19.6. The van der Waals surface area contributed by atoms with Crippen LogP contribution in [-0.2, 0) is 9.59 Å². The van der Waals surface area contributed by atoms with E-state index in [0.717, 1.165) is 0 Å². The van der Waals surface area contributed by atoms with E-state index in [9.17, 15) is 14.7 Å². The van der Waals surface area contributed by atoms with Gasteiger partial charge in [-0.05, 0) is 11.6 Å². The number of alkyl halides is 1. The Balaban J connectivity index is 0. The minimum absolute atomic E-state index is 0. The number of carboxylic acid groups (broad SMARTS) is 1. The summed E-state index contributed by atoms with van der Waals surface area (Å²) in [6.07, 6.45) is 0. The Morgan fingerprint density at radius 3 is 1.89 bits per heavy atom. The van der Waals surface area contributed by atoms with Crippen molar-refractivity contribution in [2.24, 2.45) is 0 Å². The first-order chi connectivity index (χ1) is 3.55. The molecule has 46 valence electrons. The first-order valence-electron chi connectivity index (χ1n) is 1.60. The fourth-order valence-electron chi connectivity index (χ4n) is 0.0927. The quantitative estimate of drug-likeness (QED) is 0.171. The van der Waals surface area contributed by atoms with Gasteiger partial charge in [0.05, 0.1) is 5.97 Å². The third kappa shape index (κ3) is 5.60. The number of hydrogen-bond acceptors (Lipinski definition) is 3. The fraction of sp³-hybridized carbons (Fsp3) is 0.333. The van der Waals surface area contributed by atoms with Crippen LogP contribution >= 0.6 is 34.2 Å². The Labute approximate surface area is 92.6 Å². The Kier molecular flexibility index (Phi) is 8.41. The summed E-state index contributed by atoms with van der Waals surface area (Å²) < 4.78 is -1.23. The Morgan fingerprint density at radius 2 is 1.89 bits per heavy atom. The van der Waals surface area contributed by atoms with Gasteiger partial charge in [0.25, 0.3) is 0 Å². The second-order valence-electron chi connectivity index (χ2n) is 0.986. The molecule has 9 heavy (non-hydrogen) atoms. The molecule has 1 unspecified atom stereocenters. The van der Waals surface area contributed by atoms with Crippen LogP contribution in [0.15, 0.2) is 0 Å². The van der Waals surface area contributed by atoms with E-state index in [-0.39, 0.29) is 29.6 Å². The van der Waals surface area contributed by atoms with Gasteiger partial charge in [0.1, 0.15) is 3.92 Å². The summed E-state index contributed by atoms with van der Waals surface area (Å²) >= 11 is 6.13. The standard InChI is InChI=1S/C3H2ClIO3.Na/c4-2(6)1(5)3(7)8;/h1H,(H,7,8);/q;+1/p-1. The second-order valence-corrected chi connectivity index (χ2v) is 2.60. The molecule has 0 aromatic heterocycles. The number of halogens is 2. The summed E-state index contributed by atoms with van der Waals surface area (Å²) in [5.74, 6) is -1.45. The number of carbonyl (C=O) groups is 2. The number of carboxylic acids is 1. The van der Waals surface area contributed by atoms with Gasteiger partial charge < -0.3 is 9.90 Å². The van der Waals surface area contributed by atoms with E-state index in [4.69, 9.17) is 11.6 Å². The molecule has 0 bridgehead atoms. The molecule has 1 atom stereocenters. The van der Waals surface area contributed by atoms with Crippen molar-refractivity contribution in [3.8, 4) is 0 Å². The smallest absolute Gasteiger partial charge is 0.548 e. The predicted molar refractivity (Wildman–Crippen MR) is 33.7 cm³/mol. The van der Waals surface area contributed by atoms with Gasteiger partial charge in [-0.25, -0.2) is 0 Å². The Morgan fingerprint density at radius 1 is 1.56 bits per heavy atom. The van der Waals surface area contributed by atoms with Crippen molar-refractivity contribution in [2.75, 3.05) is 0 Å². The molecule has 3 nitrogen and oxygen atoms in total. The molecule has 0 aliphatic rings. The van der Waals surface area contributed by atoms with Gasteiger partial charge in [-0.2, -0.15) is 0 Å². The number of aliphatic carboxylic acids is 1. The first kappa shape index (κ1) is 12.8. The van der Waals surface area contributed by atoms with Crippen molar-refractivity contribution in [1.29, 1.82) is 0 Å². The maximum absolute atomic E-state index is 9.92. The second kappa shape index (κ2) is 5.91. The molecule has 0 spiro atoms. The number of rotatable bonds is 2. The summed E-state index contributed by atoms with van der Waals surface area (Å²) in [6, 6.07) is 0. The zero-order chi connectivity index (χ0) is 6.73. The van der Waals surface area contributed by atoms with Crippen molar-refractivity contribution in [3.05, 3.63) is 0 Å². The van der Waals surface area contributed by atoms with E-state index < -0.39 is 15.1 Å². The van der Waals surface area contributed by atoms with Crippen LogP contribution in [0, 0.1) is 0 Å². The van der Waals surface area contributed by atoms with Crippen molar-refractivity contribution in [3.63, 3.8) is 0 Å². The van der Waals surface area contributed by atoms with Crippen LogP contribution in [0.2, 0.25) is 0 Å². The molecule has 6 heteroatoms. The Hall–Kier alpha value is 1.16. The van der Waals surface area contributed by atoms with Crippen LogP contribution in [0.1, 0.15) is 0 Å². The van der Waals surface area contributed by atoms with Crippen LogP contribution in [0.4, 0.5) is 0 Å². The van der Waals surface area contributed by atoms with Crippen LogP contribution in [-0.4, -0.2) is 15.1 Å². The average molecular weight is 270 g/mol. The van der Waals surface area contributed by atoms with E-state index in [1.54, 1.807) is 0 Å². The van der Waals surface area contributed by atoms with Gasteiger partial charge >= 0.3 is 29.6 Å². The Bertz CT molecular complexity index is 114. The molecule has 0 radical (unpaired) electrons. The van der Waals surface area contributed by atoms with E-state index in [2.05, 4.69) is 0 Å². The maximum Gasteiger partial charge on any atom is 1.00 e. The molecule has 0 rings (SSSR count). The summed E-state index contributed by atoms with van der Waals surface area (Å²) in [6.45, 7) is 0. The van der Waals surface area contributed by atoms with Crippen LogP contribution in [0.25, 0.3) is 0 Å². The van der Waals surface area contributed by atoms with Crippen molar-refractivity contribution in [1.82, 2.24) is 0 Å². The van der Waals surface area contributed by atoms with Gasteiger partial charge in [-0.3, -0.25) is 4.79 Å². The predicted octanol–water partition coefficient (Wildman–Crippen LogP) is -3.69. The molecule has 0 aromatic carbocycles. The molecule has 0 heterocycles. The van der Waals surface area contributed by atoms with Crippen LogP contribution < -0.4 is 34.7 Å². The molecule has 0 aromatic rings. The first-order valence-corrected chi connectivity index (χ1v) is 3.22. The van der Waals surface area contributed by atoms with E-state index in [1.165, 1.54) is 22.6 Å². The number of hydrogen-bond donors (Lipinski definition) is 0. The molecule has 0 fully saturated rings. The van der Waals surface area contributed by atoms with Crippen molar-refractivity contribution in [2.45, 2.75) is 3.92 Å². The van der Waals surface area contributed by atoms with Crippen LogP contribution in [0.5, 0.6) is 0 Å². The van der Waals surface area contributed by atoms with E-state index in [0.29, 0.717) is 0 Å². The zero-order valence-electron chi connectivity index (χ0n) is 4.56. The molecule has 0 amide bonds. The molecule has 0 N–H and O–H groups in total. The summed E-state index contributed by atoms with van der Waals surface area (Å²) in [5, 5.41) is 8.81. The third-order valence-electron chi connectivity index (χ3n) is 0.406. The van der Waals surface area contributed by atoms with Gasteiger partial charge in [0, 0.05) is 0 Å². The summed E-state index contributed by atoms with van der Waals surface area (Å²) in [5.41, 5.74) is 0. The third-order valence-corrected chi connectivity index (χ3v) is 2.07. The minimum atomic E-state index is -1.45. The minimum Gasteiger partial charge on any atom is -0.548 e. The molecular weight excluding hydrogens is 269 g/mol. The zero-order valence-corrected chi connectivity index (χ0v) is 9.47. The largest absolute Gasteiger partial charge is 1.00 e. The van der Waals surface area contributed by atoms with Gasteiger partial charge in [-0.1, -0.05) is 22.6 Å². The fourth-order valence-corrected chi connectivity index (χ4v) is 0.182. The molecule has 0 saturated carbocycles. The molecule has 0 aliphatic heterocycles. The topological polar surface area (TPSA) is 57.2 Å². The van der Waals surface area contributed by atoms with Crippen molar-refractivity contribution >= 4 is 45.4 Å². The average Bonchev–Trinajstić information content (AvgIpc) is 1.64. The van der Waals surface area contributed by atoms with Crippen molar-refractivity contribution < 1.29 is 44.3 Å². The van der Waals surface area contributed by atoms with E-state index >= 15 is 0 Å². The molecular formula is C3HClINaO3. The maximum atomic E-state index is 9.92. The van der Waals surface area contributed by atoms with E-state index in [1.807, 2.05) is 0 Å². The van der Waals surface area contributed by atoms with Gasteiger partial charge in [0.2, 0.25) is 5.24 Å². The van der Waals surface area contributed by atoms with Gasteiger partial charge in [0.15, 0.2) is 0 Å². The normalized spacial score (nSPS) is 11.3. The van der Waals surface area contributed by atoms with Gasteiger partial charge in [-0.15, -0.1) is 0 Å². The molecule has 0 saturated heterocycles. The monoisotopic (exact) mass is 270 g/mol. The SMILES string of the molecule is O=C([O-])C(I)C(=O)Cl.[Na+]. The number of carbonyl (C=O) groups excluding carboxylic acids is 2.